The van der Waals surface area contributed by atoms with Gasteiger partial charge in [-0.05, 0) is 0 Å². The van der Waals surface area contributed by atoms with E-state index in [1.807, 2.05) is 0 Å². The predicted octanol–water partition coefficient (Wildman–Crippen LogP) is -10.1. The Kier molecular flexibility index (Phi) is 50.9. The van der Waals surface area contributed by atoms with E-state index < -0.39 is 22.0 Å². The smallest absolute Gasteiger partial charge is 0.907 e. The summed E-state index contributed by atoms with van der Waals surface area (Å²) in [6.07, 6.45) is 0. The summed E-state index contributed by atoms with van der Waals surface area (Å²) >= 11 is 0. The van der Waals surface area contributed by atoms with Crippen LogP contribution in [0.1, 0.15) is 0 Å². The van der Waals surface area contributed by atoms with Gasteiger partial charge in [-0.15, -0.1) is 0 Å². The monoisotopic (exact) mass is 248 g/mol. The molecule has 0 atom stereocenters. The van der Waals surface area contributed by atoms with Crippen LogP contribution < -0.4 is 25.1 Å². The van der Waals surface area contributed by atoms with Gasteiger partial charge in [-0.2, -0.15) is 0 Å². The minimum absolute atomic E-state index is 0. The molecule has 0 unspecified atom stereocenters. The molecule has 0 saturated carbocycles. The minimum Gasteiger partial charge on any atom is -0.907 e. The van der Waals surface area contributed by atoms with Gasteiger partial charge in [0.1, 0.15) is 0 Å². The molecule has 0 spiro atoms. The molecule has 0 fully saturated rings. The van der Waals surface area contributed by atoms with E-state index in [-0.39, 0.29) is 55.1 Å². The number of rotatable bonds is 0. The standard InChI is InChI=1S/Al.BH3O3.BHO3.BO3.Ca/c;3*2-1(3)4;/h;2-4H;2H;;/q+3;;-2;-3;+2. The van der Waals surface area contributed by atoms with Crippen LogP contribution in [0.3, 0.4) is 0 Å². The van der Waals surface area contributed by atoms with E-state index in [0.717, 1.165) is 0 Å². The Hall–Kier alpha value is 1.63. The van der Waals surface area contributed by atoms with Gasteiger partial charge >= 0.3 is 62.4 Å². The summed E-state index contributed by atoms with van der Waals surface area (Å²) in [5, 5.41) is 70.8. The molecule has 0 saturated heterocycles. The van der Waals surface area contributed by atoms with Crippen molar-refractivity contribution in [3.8, 4) is 0 Å². The molecular weight excluding hydrogens is 243 g/mol. The third-order valence-corrected chi connectivity index (χ3v) is 0. The summed E-state index contributed by atoms with van der Waals surface area (Å²) in [4.78, 5) is 0. The second-order valence-electron chi connectivity index (χ2n) is 0.942. The minimum atomic E-state index is -2.92. The molecule has 0 radical (unpaired) electrons. The molecule has 9 nitrogen and oxygen atoms in total. The topological polar surface area (TPSA) is 196 Å². The Balaban J connectivity index is -0.0000000270. The van der Waals surface area contributed by atoms with Gasteiger partial charge in [-0.3, -0.25) is 7.32 Å². The van der Waals surface area contributed by atoms with E-state index in [4.69, 9.17) is 45.2 Å². The predicted molar refractivity (Wildman–Crippen MR) is 37.6 cm³/mol. The summed E-state index contributed by atoms with van der Waals surface area (Å²) in [6, 6.07) is 0. The SMILES string of the molecule is OB(O)O.[Al+3].[Ca+2].[O-]B([O-])O.[O-]B([O-])[O-]. The van der Waals surface area contributed by atoms with Crippen LogP contribution in [-0.4, -0.2) is 97.2 Å². The maximum Gasteiger partial charge on any atom is 3.00 e. The zero-order chi connectivity index (χ0) is 10.7. The van der Waals surface area contributed by atoms with Gasteiger partial charge in [0.05, 0.1) is 7.32 Å². The third kappa shape index (κ3) is 821. The average molecular weight is 248 g/mol. The normalized spacial score (nSPS) is 5.79. The van der Waals surface area contributed by atoms with Crippen LogP contribution in [0.25, 0.3) is 0 Å². The Morgan fingerprint density at radius 3 is 0.714 bits per heavy atom. The average Bonchev–Trinajstić information content (AvgIpc) is 1.54. The molecule has 0 aliphatic carbocycles. The van der Waals surface area contributed by atoms with Gasteiger partial charge in [-0.25, -0.2) is 0 Å². The van der Waals surface area contributed by atoms with Gasteiger partial charge in [0.15, 0.2) is 0 Å². The van der Waals surface area contributed by atoms with Crippen molar-refractivity contribution < 1.29 is 45.2 Å². The van der Waals surface area contributed by atoms with Gasteiger partial charge in [-0.1, -0.05) is 0 Å². The van der Waals surface area contributed by atoms with Crippen molar-refractivity contribution in [2.45, 2.75) is 0 Å². The molecule has 0 heterocycles. The summed E-state index contributed by atoms with van der Waals surface area (Å²) in [7, 11) is -7.75. The maximum absolute atomic E-state index is 8.53. The second-order valence-corrected chi connectivity index (χ2v) is 0.942. The second kappa shape index (κ2) is 24.1. The number of hydrogen-bond acceptors (Lipinski definition) is 9. The van der Waals surface area contributed by atoms with Gasteiger partial charge in [0.25, 0.3) is 0 Å². The fraction of sp³-hybridized carbons (Fsp3) is 0. The van der Waals surface area contributed by atoms with Crippen molar-refractivity contribution in [2.24, 2.45) is 0 Å². The van der Waals surface area contributed by atoms with Crippen LogP contribution in [0.4, 0.5) is 0 Å². The van der Waals surface area contributed by atoms with E-state index in [9.17, 15) is 0 Å². The van der Waals surface area contributed by atoms with E-state index in [1.165, 1.54) is 0 Å². The Morgan fingerprint density at radius 1 is 0.714 bits per heavy atom. The van der Waals surface area contributed by atoms with Crippen molar-refractivity contribution in [3.05, 3.63) is 0 Å². The summed E-state index contributed by atoms with van der Waals surface area (Å²) in [5.74, 6) is 0. The van der Waals surface area contributed by atoms with E-state index in [0.29, 0.717) is 0 Å². The molecule has 0 aliphatic rings. The van der Waals surface area contributed by atoms with Crippen LogP contribution in [-0.2, 0) is 0 Å². The zero-order valence-corrected chi connectivity index (χ0v) is 10.2. The molecule has 72 valence electrons. The van der Waals surface area contributed by atoms with E-state index in [1.54, 1.807) is 0 Å². The quantitative estimate of drug-likeness (QED) is 0.300. The molecule has 14 heavy (non-hydrogen) atoms. The van der Waals surface area contributed by atoms with Crippen molar-refractivity contribution in [3.63, 3.8) is 0 Å². The van der Waals surface area contributed by atoms with Crippen LogP contribution in [0.2, 0.25) is 0 Å². The van der Waals surface area contributed by atoms with Crippen molar-refractivity contribution >= 4 is 77.1 Å². The third-order valence-electron chi connectivity index (χ3n) is 0. The first-order valence-electron chi connectivity index (χ1n) is 2.21. The Morgan fingerprint density at radius 2 is 0.714 bits per heavy atom. The largest absolute Gasteiger partial charge is 3.00 e. The molecule has 0 bridgehead atoms. The fourth-order valence-electron chi connectivity index (χ4n) is 0. The van der Waals surface area contributed by atoms with E-state index in [2.05, 4.69) is 0 Å². The van der Waals surface area contributed by atoms with Crippen molar-refractivity contribution in [2.75, 3.05) is 0 Å². The summed E-state index contributed by atoms with van der Waals surface area (Å²) < 4.78 is 0. The molecule has 0 aliphatic heterocycles. The van der Waals surface area contributed by atoms with Crippen LogP contribution in [0.15, 0.2) is 0 Å². The molecule has 0 rings (SSSR count). The van der Waals surface area contributed by atoms with Crippen LogP contribution >= 0.6 is 0 Å². The molecule has 4 N–H and O–H groups in total. The van der Waals surface area contributed by atoms with Gasteiger partial charge < -0.3 is 45.2 Å². The molecule has 0 aromatic heterocycles. The Bertz CT molecular complexity index is 48.5. The summed E-state index contributed by atoms with van der Waals surface area (Å²) in [5.41, 5.74) is 0. The van der Waals surface area contributed by atoms with Crippen molar-refractivity contribution in [1.82, 2.24) is 0 Å². The number of hydrogen-bond donors (Lipinski definition) is 4. The molecule has 0 aromatic carbocycles. The first-order chi connectivity index (χ1) is 5.20. The van der Waals surface area contributed by atoms with E-state index >= 15 is 0 Å². The maximum atomic E-state index is 8.53. The van der Waals surface area contributed by atoms with Gasteiger partial charge in [0.2, 0.25) is 0 Å². The molecule has 0 aromatic rings. The van der Waals surface area contributed by atoms with Crippen LogP contribution in [0.5, 0.6) is 0 Å². The Labute approximate surface area is 121 Å². The first kappa shape index (κ1) is 29.6. The molecule has 0 amide bonds. The zero-order valence-electron chi connectivity index (χ0n) is 6.85. The molecular formula is H4AlB3CaO9. The first-order valence-corrected chi connectivity index (χ1v) is 2.21. The van der Waals surface area contributed by atoms with Crippen molar-refractivity contribution in [1.29, 1.82) is 0 Å². The fourth-order valence-corrected chi connectivity index (χ4v) is 0. The van der Waals surface area contributed by atoms with Gasteiger partial charge in [0, 0.05) is 0 Å². The molecule has 14 heteroatoms. The summed E-state index contributed by atoms with van der Waals surface area (Å²) in [6.45, 7) is 0. The van der Waals surface area contributed by atoms with Crippen LogP contribution in [0, 0.1) is 0 Å².